The molecule has 1 N–H and O–H groups in total. The maximum absolute atomic E-state index is 13.7. The van der Waals surface area contributed by atoms with Crippen molar-refractivity contribution in [2.75, 3.05) is 19.6 Å². The summed E-state index contributed by atoms with van der Waals surface area (Å²) in [5.74, 6) is 0.0332. The Hall–Kier alpha value is -2.70. The van der Waals surface area contributed by atoms with Crippen molar-refractivity contribution in [2.24, 2.45) is 0 Å². The Kier molecular flexibility index (Phi) is 5.88. The SMILES string of the molecule is Cc1ccccc1-n1nc(C(=O)N2CCNCC2c2cccnc2)c2c1CCC2.Cl. The van der Waals surface area contributed by atoms with Crippen molar-refractivity contribution in [1.82, 2.24) is 25.0 Å². The molecule has 1 amide bonds. The molecule has 1 aliphatic carbocycles. The van der Waals surface area contributed by atoms with Gasteiger partial charge in [0.25, 0.3) is 5.91 Å². The molecule has 3 heterocycles. The number of aryl methyl sites for hydroxylation is 1. The van der Waals surface area contributed by atoms with Crippen molar-refractivity contribution < 1.29 is 4.79 Å². The molecule has 0 bridgehead atoms. The first-order valence-corrected chi connectivity index (χ1v) is 10.3. The van der Waals surface area contributed by atoms with E-state index in [1.54, 1.807) is 6.20 Å². The summed E-state index contributed by atoms with van der Waals surface area (Å²) in [6.07, 6.45) is 6.59. The van der Waals surface area contributed by atoms with Crippen molar-refractivity contribution in [1.29, 1.82) is 0 Å². The summed E-state index contributed by atoms with van der Waals surface area (Å²) in [6, 6.07) is 12.2. The topological polar surface area (TPSA) is 63.1 Å². The summed E-state index contributed by atoms with van der Waals surface area (Å²) in [7, 11) is 0. The Bertz CT molecular complexity index is 1050. The van der Waals surface area contributed by atoms with Crippen LogP contribution in [0.25, 0.3) is 5.69 Å². The van der Waals surface area contributed by atoms with E-state index in [4.69, 9.17) is 5.10 Å². The van der Waals surface area contributed by atoms with Crippen LogP contribution in [-0.2, 0) is 12.8 Å². The van der Waals surface area contributed by atoms with Crippen LogP contribution in [0.3, 0.4) is 0 Å². The van der Waals surface area contributed by atoms with Gasteiger partial charge in [-0.05, 0) is 49.4 Å². The predicted molar refractivity (Wildman–Crippen MR) is 118 cm³/mol. The molecule has 7 heteroatoms. The molecule has 6 nitrogen and oxygen atoms in total. The van der Waals surface area contributed by atoms with E-state index in [0.29, 0.717) is 12.2 Å². The van der Waals surface area contributed by atoms with E-state index in [1.807, 2.05) is 40.0 Å². The molecule has 1 unspecified atom stereocenters. The third kappa shape index (κ3) is 3.50. The number of nitrogens with zero attached hydrogens (tertiary/aromatic N) is 4. The standard InChI is InChI=1S/C23H25N5O.ClH/c1-16-6-2-3-9-19(16)28-20-10-4-8-18(20)22(26-28)23(29)27-13-12-25-15-21(27)17-7-5-11-24-14-17;/h2-3,5-7,9,11,14,21,25H,4,8,10,12-13,15H2,1H3;1H. The van der Waals surface area contributed by atoms with E-state index in [2.05, 4.69) is 29.4 Å². The van der Waals surface area contributed by atoms with Crippen LogP contribution in [0.1, 0.15) is 45.3 Å². The van der Waals surface area contributed by atoms with E-state index in [9.17, 15) is 4.79 Å². The zero-order valence-electron chi connectivity index (χ0n) is 17.0. The van der Waals surface area contributed by atoms with Gasteiger partial charge < -0.3 is 10.2 Å². The predicted octanol–water partition coefficient (Wildman–Crippen LogP) is 3.27. The van der Waals surface area contributed by atoms with Crippen molar-refractivity contribution in [2.45, 2.75) is 32.2 Å². The fourth-order valence-electron chi connectivity index (χ4n) is 4.56. The lowest BCUT2D eigenvalue weighted by atomic mass is 10.0. The normalized spacial score (nSPS) is 18.0. The molecular formula is C23H26ClN5O. The fourth-order valence-corrected chi connectivity index (χ4v) is 4.56. The number of halogens is 1. The fraction of sp³-hybridized carbons (Fsp3) is 0.348. The molecule has 30 heavy (non-hydrogen) atoms. The molecule has 0 radical (unpaired) electrons. The molecule has 0 spiro atoms. The molecule has 2 aromatic heterocycles. The van der Waals surface area contributed by atoms with Gasteiger partial charge in [0.15, 0.2) is 5.69 Å². The number of hydrogen-bond donors (Lipinski definition) is 1. The molecule has 2 aliphatic rings. The number of benzene rings is 1. The van der Waals surface area contributed by atoms with Crippen LogP contribution in [0, 0.1) is 6.92 Å². The lowest BCUT2D eigenvalue weighted by Crippen LogP contribution is -2.49. The maximum Gasteiger partial charge on any atom is 0.275 e. The van der Waals surface area contributed by atoms with Crippen LogP contribution in [0.5, 0.6) is 0 Å². The van der Waals surface area contributed by atoms with Gasteiger partial charge in [-0.2, -0.15) is 5.10 Å². The summed E-state index contributed by atoms with van der Waals surface area (Å²) in [5.41, 5.74) is 6.23. The van der Waals surface area contributed by atoms with Crippen LogP contribution < -0.4 is 5.32 Å². The number of nitrogens with one attached hydrogen (secondary N) is 1. The molecule has 3 aromatic rings. The van der Waals surface area contributed by atoms with Gasteiger partial charge in [-0.1, -0.05) is 24.3 Å². The van der Waals surface area contributed by atoms with Gasteiger partial charge in [0.2, 0.25) is 0 Å². The van der Waals surface area contributed by atoms with Crippen LogP contribution in [0.15, 0.2) is 48.8 Å². The van der Waals surface area contributed by atoms with Crippen molar-refractivity contribution >= 4 is 18.3 Å². The minimum atomic E-state index is -0.0226. The Morgan fingerprint density at radius 3 is 2.83 bits per heavy atom. The molecule has 5 rings (SSSR count). The molecule has 0 saturated carbocycles. The average Bonchev–Trinajstić information content (AvgIpc) is 3.37. The molecule has 156 valence electrons. The van der Waals surface area contributed by atoms with Crippen LogP contribution in [0.4, 0.5) is 0 Å². The van der Waals surface area contributed by atoms with Crippen molar-refractivity contribution in [3.8, 4) is 5.69 Å². The summed E-state index contributed by atoms with van der Waals surface area (Å²) in [4.78, 5) is 19.9. The molecule has 1 fully saturated rings. The number of carbonyl (C=O) groups excluding carboxylic acids is 1. The van der Waals surface area contributed by atoms with Gasteiger partial charge >= 0.3 is 0 Å². The Morgan fingerprint density at radius 1 is 1.17 bits per heavy atom. The quantitative estimate of drug-likeness (QED) is 0.702. The van der Waals surface area contributed by atoms with Gasteiger partial charge in [-0.3, -0.25) is 9.78 Å². The largest absolute Gasteiger partial charge is 0.328 e. The van der Waals surface area contributed by atoms with Gasteiger partial charge in [-0.25, -0.2) is 4.68 Å². The van der Waals surface area contributed by atoms with Crippen LogP contribution in [0.2, 0.25) is 0 Å². The average molecular weight is 424 g/mol. The Labute approximate surface area is 182 Å². The number of para-hydroxylation sites is 1. The first-order chi connectivity index (χ1) is 14.2. The van der Waals surface area contributed by atoms with E-state index in [-0.39, 0.29) is 24.4 Å². The smallest absolute Gasteiger partial charge is 0.275 e. The second-order valence-corrected chi connectivity index (χ2v) is 7.83. The highest BCUT2D eigenvalue weighted by Crippen LogP contribution is 2.31. The van der Waals surface area contributed by atoms with E-state index < -0.39 is 0 Å². The number of carbonyl (C=O) groups is 1. The second kappa shape index (κ2) is 8.58. The summed E-state index contributed by atoms with van der Waals surface area (Å²) < 4.78 is 2.01. The van der Waals surface area contributed by atoms with E-state index >= 15 is 0 Å². The number of hydrogen-bond acceptors (Lipinski definition) is 4. The van der Waals surface area contributed by atoms with Crippen molar-refractivity contribution in [3.63, 3.8) is 0 Å². The number of rotatable bonds is 3. The Morgan fingerprint density at radius 2 is 2.03 bits per heavy atom. The summed E-state index contributed by atoms with van der Waals surface area (Å²) in [5, 5.41) is 8.27. The lowest BCUT2D eigenvalue weighted by molar-refractivity contribution is 0.0626. The second-order valence-electron chi connectivity index (χ2n) is 7.83. The number of amides is 1. The van der Waals surface area contributed by atoms with Gasteiger partial charge in [-0.15, -0.1) is 12.4 Å². The number of fused-ring (bicyclic) bond motifs is 1. The highest BCUT2D eigenvalue weighted by atomic mass is 35.5. The first-order valence-electron chi connectivity index (χ1n) is 10.3. The molecular weight excluding hydrogens is 398 g/mol. The van der Waals surface area contributed by atoms with Crippen LogP contribution in [-0.4, -0.2) is 45.2 Å². The Balaban J connectivity index is 0.00000218. The summed E-state index contributed by atoms with van der Waals surface area (Å²) in [6.45, 7) is 4.29. The molecule has 1 saturated heterocycles. The highest BCUT2D eigenvalue weighted by Gasteiger charge is 2.34. The maximum atomic E-state index is 13.7. The van der Waals surface area contributed by atoms with Gasteiger partial charge in [0.05, 0.1) is 11.7 Å². The number of piperazine rings is 1. The highest BCUT2D eigenvalue weighted by molar-refractivity contribution is 5.94. The number of pyridine rings is 1. The lowest BCUT2D eigenvalue weighted by Gasteiger charge is -2.36. The monoisotopic (exact) mass is 423 g/mol. The van der Waals surface area contributed by atoms with Crippen LogP contribution >= 0.6 is 12.4 Å². The molecule has 1 aliphatic heterocycles. The zero-order chi connectivity index (χ0) is 19.8. The summed E-state index contributed by atoms with van der Waals surface area (Å²) >= 11 is 0. The van der Waals surface area contributed by atoms with Gasteiger partial charge in [0.1, 0.15) is 0 Å². The zero-order valence-corrected chi connectivity index (χ0v) is 17.9. The third-order valence-electron chi connectivity index (χ3n) is 6.05. The minimum Gasteiger partial charge on any atom is -0.328 e. The number of aromatic nitrogens is 3. The molecule has 1 aromatic carbocycles. The minimum absolute atomic E-state index is 0. The van der Waals surface area contributed by atoms with Gasteiger partial charge in [0, 0.05) is 43.3 Å². The van der Waals surface area contributed by atoms with Crippen molar-refractivity contribution in [3.05, 3.63) is 76.9 Å². The van der Waals surface area contributed by atoms with E-state index in [1.165, 1.54) is 11.3 Å². The van der Waals surface area contributed by atoms with E-state index in [0.717, 1.165) is 49.2 Å². The first kappa shape index (κ1) is 20.6. The molecule has 1 atom stereocenters. The third-order valence-corrected chi connectivity index (χ3v) is 6.05.